The zero-order chi connectivity index (χ0) is 16.3. The summed E-state index contributed by atoms with van der Waals surface area (Å²) in [5.41, 5.74) is 7.18. The molecule has 0 bridgehead atoms. The molecule has 3 N–H and O–H groups in total. The van der Waals surface area contributed by atoms with E-state index in [0.717, 1.165) is 17.0 Å². The largest absolute Gasteiger partial charge is 0.497 e. The van der Waals surface area contributed by atoms with Gasteiger partial charge in [0.25, 0.3) is 5.56 Å². The first kappa shape index (κ1) is 15.8. The van der Waals surface area contributed by atoms with Crippen LogP contribution in [0.15, 0.2) is 41.2 Å². The molecule has 1 heterocycles. The van der Waals surface area contributed by atoms with Crippen LogP contribution in [0.2, 0.25) is 0 Å². The van der Waals surface area contributed by atoms with Crippen LogP contribution in [-0.4, -0.2) is 17.5 Å². The number of pyridine rings is 1. The van der Waals surface area contributed by atoms with Crippen LogP contribution in [0, 0.1) is 11.3 Å². The summed E-state index contributed by atoms with van der Waals surface area (Å²) in [6.45, 7) is 4.65. The number of aromatic nitrogens is 1. The fraction of sp³-hybridized carbons (Fsp3) is 0.294. The molecule has 0 aliphatic rings. The summed E-state index contributed by atoms with van der Waals surface area (Å²) >= 11 is 0. The molecule has 1 aromatic heterocycles. The van der Waals surface area contributed by atoms with Gasteiger partial charge in [-0.3, -0.25) is 10.2 Å². The van der Waals surface area contributed by atoms with Gasteiger partial charge < -0.3 is 15.0 Å². The third kappa shape index (κ3) is 3.19. The molecule has 0 spiro atoms. The SMILES string of the molecule is COc1cccc(-c2ccc(C(=N)N)c(=O)n2CC(C)C)c1. The van der Waals surface area contributed by atoms with Gasteiger partial charge in [-0.1, -0.05) is 26.0 Å². The van der Waals surface area contributed by atoms with Crippen molar-refractivity contribution < 1.29 is 4.74 Å². The number of hydrogen-bond acceptors (Lipinski definition) is 3. The Morgan fingerprint density at radius 1 is 1.32 bits per heavy atom. The Labute approximate surface area is 129 Å². The van der Waals surface area contributed by atoms with E-state index in [0.29, 0.717) is 12.5 Å². The third-order valence-corrected chi connectivity index (χ3v) is 3.38. The third-order valence-electron chi connectivity index (χ3n) is 3.38. The predicted octanol–water partition coefficient (Wildman–Crippen LogP) is 2.46. The number of rotatable bonds is 5. The molecular weight excluding hydrogens is 278 g/mol. The minimum absolute atomic E-state index is 0.209. The van der Waals surface area contributed by atoms with Crippen LogP contribution in [0.3, 0.4) is 0 Å². The van der Waals surface area contributed by atoms with Crippen LogP contribution in [0.1, 0.15) is 19.4 Å². The van der Waals surface area contributed by atoms with Crippen molar-refractivity contribution >= 4 is 5.84 Å². The molecule has 0 radical (unpaired) electrons. The summed E-state index contributed by atoms with van der Waals surface area (Å²) in [6.07, 6.45) is 0. The van der Waals surface area contributed by atoms with E-state index in [-0.39, 0.29) is 17.0 Å². The zero-order valence-electron chi connectivity index (χ0n) is 13.1. The van der Waals surface area contributed by atoms with Crippen molar-refractivity contribution in [2.24, 2.45) is 11.7 Å². The Balaban J connectivity index is 2.66. The highest BCUT2D eigenvalue weighted by atomic mass is 16.5. The molecule has 0 atom stereocenters. The molecular formula is C17H21N3O2. The molecule has 0 saturated heterocycles. The minimum atomic E-state index is -0.235. The summed E-state index contributed by atoms with van der Waals surface area (Å²) in [7, 11) is 1.61. The Hall–Kier alpha value is -2.56. The maximum Gasteiger partial charge on any atom is 0.262 e. The van der Waals surface area contributed by atoms with E-state index in [1.165, 1.54) is 0 Å². The molecule has 0 aliphatic carbocycles. The van der Waals surface area contributed by atoms with Crippen LogP contribution in [0.25, 0.3) is 11.3 Å². The van der Waals surface area contributed by atoms with Crippen molar-refractivity contribution in [3.05, 3.63) is 52.3 Å². The van der Waals surface area contributed by atoms with Gasteiger partial charge in [0.05, 0.1) is 18.4 Å². The first-order chi connectivity index (χ1) is 10.4. The Kier molecular flexibility index (Phi) is 4.65. The average molecular weight is 299 g/mol. The lowest BCUT2D eigenvalue weighted by Gasteiger charge is -2.17. The first-order valence-electron chi connectivity index (χ1n) is 7.16. The number of amidine groups is 1. The highest BCUT2D eigenvalue weighted by Gasteiger charge is 2.13. The number of nitrogen functional groups attached to an aromatic ring is 1. The minimum Gasteiger partial charge on any atom is -0.497 e. The quantitative estimate of drug-likeness (QED) is 0.657. The molecule has 22 heavy (non-hydrogen) atoms. The second-order valence-electron chi connectivity index (χ2n) is 5.59. The van der Waals surface area contributed by atoms with Gasteiger partial charge in [-0.05, 0) is 30.2 Å². The van der Waals surface area contributed by atoms with E-state index in [1.54, 1.807) is 17.7 Å². The molecule has 0 amide bonds. The van der Waals surface area contributed by atoms with E-state index in [1.807, 2.05) is 44.2 Å². The van der Waals surface area contributed by atoms with E-state index in [9.17, 15) is 4.79 Å². The van der Waals surface area contributed by atoms with Crippen molar-refractivity contribution in [1.29, 1.82) is 5.41 Å². The fourth-order valence-electron chi connectivity index (χ4n) is 2.36. The van der Waals surface area contributed by atoms with Crippen molar-refractivity contribution in [3.63, 3.8) is 0 Å². The second kappa shape index (κ2) is 6.47. The molecule has 5 heteroatoms. The molecule has 1 aromatic carbocycles. The number of nitrogens with zero attached hydrogens (tertiary/aromatic N) is 1. The first-order valence-corrected chi connectivity index (χ1v) is 7.16. The summed E-state index contributed by atoms with van der Waals surface area (Å²) in [6, 6.07) is 11.0. The van der Waals surface area contributed by atoms with Crippen LogP contribution < -0.4 is 16.0 Å². The molecule has 2 aromatic rings. The van der Waals surface area contributed by atoms with Gasteiger partial charge >= 0.3 is 0 Å². The number of nitrogens with two attached hydrogens (primary N) is 1. The molecule has 5 nitrogen and oxygen atoms in total. The zero-order valence-corrected chi connectivity index (χ0v) is 13.1. The maximum absolute atomic E-state index is 12.6. The molecule has 0 aliphatic heterocycles. The molecule has 116 valence electrons. The van der Waals surface area contributed by atoms with E-state index < -0.39 is 0 Å². The van der Waals surface area contributed by atoms with Crippen LogP contribution >= 0.6 is 0 Å². The van der Waals surface area contributed by atoms with Gasteiger partial charge in [0.15, 0.2) is 0 Å². The lowest BCUT2D eigenvalue weighted by atomic mass is 10.1. The second-order valence-corrected chi connectivity index (χ2v) is 5.59. The van der Waals surface area contributed by atoms with Gasteiger partial charge in [0.1, 0.15) is 11.6 Å². The summed E-state index contributed by atoms with van der Waals surface area (Å²) in [5, 5.41) is 7.54. The molecule has 0 fully saturated rings. The predicted molar refractivity (Wildman–Crippen MR) is 88.5 cm³/mol. The lowest BCUT2D eigenvalue weighted by molar-refractivity contribution is 0.415. The molecule has 0 saturated carbocycles. The van der Waals surface area contributed by atoms with E-state index in [2.05, 4.69) is 0 Å². The van der Waals surface area contributed by atoms with Gasteiger partial charge in [-0.2, -0.15) is 0 Å². The average Bonchev–Trinajstić information content (AvgIpc) is 2.48. The molecule has 2 rings (SSSR count). The highest BCUT2D eigenvalue weighted by molar-refractivity contribution is 5.94. The van der Waals surface area contributed by atoms with Crippen molar-refractivity contribution in [2.75, 3.05) is 7.11 Å². The van der Waals surface area contributed by atoms with Crippen molar-refractivity contribution in [3.8, 4) is 17.0 Å². The number of methoxy groups -OCH3 is 1. The summed E-state index contributed by atoms with van der Waals surface area (Å²) < 4.78 is 6.92. The fourth-order valence-corrected chi connectivity index (χ4v) is 2.36. The van der Waals surface area contributed by atoms with Crippen molar-refractivity contribution in [1.82, 2.24) is 4.57 Å². The Bertz CT molecular complexity index is 748. The van der Waals surface area contributed by atoms with E-state index >= 15 is 0 Å². The van der Waals surface area contributed by atoms with Crippen LogP contribution in [-0.2, 0) is 6.54 Å². The van der Waals surface area contributed by atoms with E-state index in [4.69, 9.17) is 15.9 Å². The summed E-state index contributed by atoms with van der Waals surface area (Å²) in [4.78, 5) is 12.6. The Morgan fingerprint density at radius 3 is 2.64 bits per heavy atom. The standard InChI is InChI=1S/C17H21N3O2/c1-11(2)10-20-15(8-7-14(16(18)19)17(20)21)12-5-4-6-13(9-12)22-3/h4-9,11H,10H2,1-3H3,(H3,18,19). The number of hydrogen-bond donors (Lipinski definition) is 2. The number of nitrogens with one attached hydrogen (secondary N) is 1. The van der Waals surface area contributed by atoms with Crippen LogP contribution in [0.5, 0.6) is 5.75 Å². The molecule has 0 unspecified atom stereocenters. The number of benzene rings is 1. The monoisotopic (exact) mass is 299 g/mol. The van der Waals surface area contributed by atoms with Crippen molar-refractivity contribution in [2.45, 2.75) is 20.4 Å². The summed E-state index contributed by atoms with van der Waals surface area (Å²) in [5.74, 6) is 0.820. The topological polar surface area (TPSA) is 81.1 Å². The smallest absolute Gasteiger partial charge is 0.262 e. The number of ether oxygens (including phenoxy) is 1. The highest BCUT2D eigenvalue weighted by Crippen LogP contribution is 2.23. The Morgan fingerprint density at radius 2 is 2.05 bits per heavy atom. The lowest BCUT2D eigenvalue weighted by Crippen LogP contribution is -2.31. The van der Waals surface area contributed by atoms with Crippen LogP contribution in [0.4, 0.5) is 0 Å². The van der Waals surface area contributed by atoms with Gasteiger partial charge in [0.2, 0.25) is 0 Å². The van der Waals surface area contributed by atoms with Gasteiger partial charge in [-0.15, -0.1) is 0 Å². The van der Waals surface area contributed by atoms with Gasteiger partial charge in [0, 0.05) is 12.1 Å². The normalized spacial score (nSPS) is 10.7. The maximum atomic E-state index is 12.6. The van der Waals surface area contributed by atoms with Gasteiger partial charge in [-0.25, -0.2) is 0 Å².